The molecule has 0 aliphatic carbocycles. The lowest BCUT2D eigenvalue weighted by Crippen LogP contribution is -2.35. The molecule has 2 N–H and O–H groups in total. The first-order valence-corrected chi connectivity index (χ1v) is 7.91. The lowest BCUT2D eigenvalue weighted by atomic mass is 9.90. The minimum absolute atomic E-state index is 0. The van der Waals surface area contributed by atoms with Crippen molar-refractivity contribution in [3.05, 3.63) is 29.8 Å². The number of sulfonamides is 1. The minimum atomic E-state index is -4.71. The summed E-state index contributed by atoms with van der Waals surface area (Å²) < 4.78 is 65.0. The highest BCUT2D eigenvalue weighted by Gasteiger charge is 2.43. The maximum absolute atomic E-state index is 13.0. The van der Waals surface area contributed by atoms with E-state index in [4.69, 9.17) is 5.73 Å². The van der Waals surface area contributed by atoms with E-state index in [0.717, 1.165) is 16.4 Å². The van der Waals surface area contributed by atoms with Crippen molar-refractivity contribution < 1.29 is 21.6 Å². The fourth-order valence-corrected chi connectivity index (χ4v) is 4.22. The number of alkyl halides is 3. The lowest BCUT2D eigenvalue weighted by molar-refractivity contribution is -0.139. The first-order valence-electron chi connectivity index (χ1n) is 6.47. The summed E-state index contributed by atoms with van der Waals surface area (Å²) in [6, 6.07) is 4.25. The van der Waals surface area contributed by atoms with Gasteiger partial charge in [-0.2, -0.15) is 17.5 Å². The molecule has 4 nitrogen and oxygen atoms in total. The normalized spacial score (nSPS) is 23.3. The molecular weight excluding hydrogens is 341 g/mol. The summed E-state index contributed by atoms with van der Waals surface area (Å²) in [5.74, 6) is 0. The molecule has 1 aromatic carbocycles. The van der Waals surface area contributed by atoms with Crippen molar-refractivity contribution in [2.24, 2.45) is 11.1 Å². The van der Waals surface area contributed by atoms with E-state index in [1.165, 1.54) is 12.1 Å². The van der Waals surface area contributed by atoms with Gasteiger partial charge in [-0.25, -0.2) is 8.42 Å². The molecule has 0 radical (unpaired) electrons. The van der Waals surface area contributed by atoms with Gasteiger partial charge in [0, 0.05) is 13.1 Å². The minimum Gasteiger partial charge on any atom is -0.330 e. The van der Waals surface area contributed by atoms with Crippen molar-refractivity contribution in [1.29, 1.82) is 0 Å². The summed E-state index contributed by atoms with van der Waals surface area (Å²) in [5.41, 5.74) is 4.09. The monoisotopic (exact) mass is 358 g/mol. The molecule has 1 aromatic rings. The second-order valence-corrected chi connectivity index (χ2v) is 7.50. The van der Waals surface area contributed by atoms with E-state index < -0.39 is 26.7 Å². The SMILES string of the molecule is CC1(CN)CCN(S(=O)(=O)c2ccccc2C(F)(F)F)C1.Cl. The van der Waals surface area contributed by atoms with Crippen LogP contribution in [0.5, 0.6) is 0 Å². The van der Waals surface area contributed by atoms with Crippen molar-refractivity contribution in [3.63, 3.8) is 0 Å². The van der Waals surface area contributed by atoms with Crippen molar-refractivity contribution in [1.82, 2.24) is 4.31 Å². The Bertz CT molecular complexity index is 636. The molecule has 0 spiro atoms. The molecule has 1 unspecified atom stereocenters. The average molecular weight is 359 g/mol. The molecule has 1 saturated heterocycles. The van der Waals surface area contributed by atoms with Crippen molar-refractivity contribution in [3.8, 4) is 0 Å². The predicted molar refractivity (Wildman–Crippen MR) is 79.2 cm³/mol. The molecule has 1 aliphatic heterocycles. The molecule has 0 aromatic heterocycles. The summed E-state index contributed by atoms with van der Waals surface area (Å²) in [7, 11) is -4.18. The highest BCUT2D eigenvalue weighted by molar-refractivity contribution is 7.89. The maximum Gasteiger partial charge on any atom is 0.417 e. The van der Waals surface area contributed by atoms with Gasteiger partial charge in [-0.05, 0) is 30.5 Å². The summed E-state index contributed by atoms with van der Waals surface area (Å²) in [4.78, 5) is -0.696. The molecule has 0 amide bonds. The molecule has 1 aliphatic rings. The van der Waals surface area contributed by atoms with Gasteiger partial charge in [-0.1, -0.05) is 19.1 Å². The smallest absolute Gasteiger partial charge is 0.330 e. The summed E-state index contributed by atoms with van der Waals surface area (Å²) in [5, 5.41) is 0. The van der Waals surface area contributed by atoms with Gasteiger partial charge in [0.05, 0.1) is 10.5 Å². The Morgan fingerprint density at radius 2 is 1.91 bits per heavy atom. The van der Waals surface area contributed by atoms with Crippen LogP contribution in [-0.2, 0) is 16.2 Å². The van der Waals surface area contributed by atoms with Gasteiger partial charge in [0.25, 0.3) is 0 Å². The van der Waals surface area contributed by atoms with E-state index in [-0.39, 0.29) is 30.9 Å². The van der Waals surface area contributed by atoms with Crippen LogP contribution in [0.1, 0.15) is 18.9 Å². The second kappa shape index (κ2) is 6.35. The Morgan fingerprint density at radius 1 is 1.32 bits per heavy atom. The first-order chi connectivity index (χ1) is 9.60. The maximum atomic E-state index is 13.0. The molecule has 22 heavy (non-hydrogen) atoms. The van der Waals surface area contributed by atoms with E-state index in [1.807, 2.05) is 6.92 Å². The van der Waals surface area contributed by atoms with E-state index in [0.29, 0.717) is 13.0 Å². The Hall–Kier alpha value is -0.830. The fourth-order valence-electron chi connectivity index (χ4n) is 2.42. The van der Waals surface area contributed by atoms with Crippen LogP contribution in [-0.4, -0.2) is 32.4 Å². The van der Waals surface area contributed by atoms with Crippen LogP contribution in [0, 0.1) is 5.41 Å². The van der Waals surface area contributed by atoms with E-state index in [2.05, 4.69) is 0 Å². The van der Waals surface area contributed by atoms with E-state index >= 15 is 0 Å². The Kier molecular flexibility index (Phi) is 5.55. The average Bonchev–Trinajstić information content (AvgIpc) is 2.82. The van der Waals surface area contributed by atoms with Gasteiger partial charge in [-0.3, -0.25) is 0 Å². The van der Waals surface area contributed by atoms with Crippen molar-refractivity contribution in [2.75, 3.05) is 19.6 Å². The highest BCUT2D eigenvalue weighted by Crippen LogP contribution is 2.38. The number of hydrogen-bond acceptors (Lipinski definition) is 3. The van der Waals surface area contributed by atoms with Gasteiger partial charge < -0.3 is 5.73 Å². The van der Waals surface area contributed by atoms with Crippen LogP contribution in [0.25, 0.3) is 0 Å². The van der Waals surface area contributed by atoms with Crippen LogP contribution in [0.15, 0.2) is 29.2 Å². The van der Waals surface area contributed by atoms with E-state index in [1.54, 1.807) is 0 Å². The van der Waals surface area contributed by atoms with Crippen LogP contribution in [0.4, 0.5) is 13.2 Å². The molecular formula is C13H18ClF3N2O2S. The molecule has 9 heteroatoms. The molecule has 1 atom stereocenters. The zero-order valence-electron chi connectivity index (χ0n) is 11.9. The van der Waals surface area contributed by atoms with Gasteiger partial charge in [-0.15, -0.1) is 12.4 Å². The van der Waals surface area contributed by atoms with Crippen LogP contribution >= 0.6 is 12.4 Å². The topological polar surface area (TPSA) is 63.4 Å². The zero-order chi connectivity index (χ0) is 15.9. The third-order valence-corrected chi connectivity index (χ3v) is 5.73. The first kappa shape index (κ1) is 19.2. The highest BCUT2D eigenvalue weighted by atomic mass is 35.5. The summed E-state index contributed by atoms with van der Waals surface area (Å²) in [6.07, 6.45) is -4.17. The van der Waals surface area contributed by atoms with Gasteiger partial charge in [0.2, 0.25) is 10.0 Å². The predicted octanol–water partition coefficient (Wildman–Crippen LogP) is 2.49. The third-order valence-electron chi connectivity index (χ3n) is 3.83. The van der Waals surface area contributed by atoms with E-state index in [9.17, 15) is 21.6 Å². The lowest BCUT2D eigenvalue weighted by Gasteiger charge is -2.23. The van der Waals surface area contributed by atoms with Crippen LogP contribution in [0.2, 0.25) is 0 Å². The quantitative estimate of drug-likeness (QED) is 0.902. The third kappa shape index (κ3) is 3.56. The number of benzene rings is 1. The standard InChI is InChI=1S/C13H17F3N2O2S.ClH/c1-12(8-17)6-7-18(9-12)21(19,20)11-5-3-2-4-10(11)13(14,15)16;/h2-5H,6-9,17H2,1H3;1H. The number of nitrogens with two attached hydrogens (primary N) is 1. The zero-order valence-corrected chi connectivity index (χ0v) is 13.6. The largest absolute Gasteiger partial charge is 0.417 e. The van der Waals surface area contributed by atoms with Crippen LogP contribution in [0.3, 0.4) is 0 Å². The molecule has 0 bridgehead atoms. The summed E-state index contributed by atoms with van der Waals surface area (Å²) in [6.45, 7) is 2.44. The fraction of sp³-hybridized carbons (Fsp3) is 0.538. The van der Waals surface area contributed by atoms with Crippen molar-refractivity contribution >= 4 is 22.4 Å². The molecule has 1 fully saturated rings. The molecule has 126 valence electrons. The van der Waals surface area contributed by atoms with Crippen molar-refractivity contribution in [2.45, 2.75) is 24.4 Å². The Morgan fingerprint density at radius 3 is 2.41 bits per heavy atom. The van der Waals surface area contributed by atoms with Gasteiger partial charge in [0.15, 0.2) is 0 Å². The Labute approximate surface area is 133 Å². The number of nitrogens with zero attached hydrogens (tertiary/aromatic N) is 1. The van der Waals surface area contributed by atoms with Gasteiger partial charge >= 0.3 is 6.18 Å². The summed E-state index contributed by atoms with van der Waals surface area (Å²) >= 11 is 0. The second-order valence-electron chi connectivity index (χ2n) is 5.60. The number of hydrogen-bond donors (Lipinski definition) is 1. The molecule has 0 saturated carbocycles. The van der Waals surface area contributed by atoms with Crippen LogP contribution < -0.4 is 5.73 Å². The molecule has 1 heterocycles. The number of halogens is 4. The Balaban J connectivity index is 0.00000242. The number of rotatable bonds is 3. The van der Waals surface area contributed by atoms with Gasteiger partial charge in [0.1, 0.15) is 0 Å². The molecule has 2 rings (SSSR count).